The highest BCUT2D eigenvalue weighted by Gasteiger charge is 2.25. The standard InChI is InChI=1S/C17H14FN5O6S/c18-10-1-3-11(4-2-10)20-17(26)21-12-5-7-13(8-6-12)23(30(27,28)29)14-9-19-16(25)22-15(14)24/h1-9H,(H2,20,21,26)(H,27,28,29)(H2,19,22,24,25). The number of nitrogens with zero attached hydrogens (tertiary/aromatic N) is 1. The van der Waals surface area contributed by atoms with Gasteiger partial charge in [0.05, 0.1) is 5.69 Å². The van der Waals surface area contributed by atoms with E-state index in [1.165, 1.54) is 48.5 Å². The Hall–Kier alpha value is -3.97. The van der Waals surface area contributed by atoms with E-state index in [0.29, 0.717) is 9.99 Å². The molecule has 0 aliphatic rings. The van der Waals surface area contributed by atoms with Crippen molar-refractivity contribution in [3.63, 3.8) is 0 Å². The minimum atomic E-state index is -4.93. The van der Waals surface area contributed by atoms with Crippen LogP contribution in [0.1, 0.15) is 0 Å². The van der Waals surface area contributed by atoms with Gasteiger partial charge in [0.25, 0.3) is 5.56 Å². The molecule has 0 bridgehead atoms. The van der Waals surface area contributed by atoms with E-state index >= 15 is 0 Å². The molecule has 0 aliphatic carbocycles. The molecule has 0 aliphatic heterocycles. The first-order chi connectivity index (χ1) is 14.1. The highest BCUT2D eigenvalue weighted by atomic mass is 32.2. The topological polar surface area (TPSA) is 164 Å². The summed E-state index contributed by atoms with van der Waals surface area (Å²) in [6, 6.07) is 9.50. The molecule has 0 spiro atoms. The molecule has 0 radical (unpaired) electrons. The van der Waals surface area contributed by atoms with Gasteiger partial charge in [0.2, 0.25) is 0 Å². The number of nitrogens with one attached hydrogen (secondary N) is 4. The molecule has 0 fully saturated rings. The highest BCUT2D eigenvalue weighted by Crippen LogP contribution is 2.26. The van der Waals surface area contributed by atoms with Crippen molar-refractivity contribution in [1.29, 1.82) is 0 Å². The maximum Gasteiger partial charge on any atom is 0.364 e. The highest BCUT2D eigenvalue weighted by molar-refractivity contribution is 7.87. The Morgan fingerprint density at radius 3 is 2.00 bits per heavy atom. The largest absolute Gasteiger partial charge is 0.364 e. The van der Waals surface area contributed by atoms with Crippen LogP contribution in [0.4, 0.5) is 31.9 Å². The Bertz CT molecular complexity index is 1290. The van der Waals surface area contributed by atoms with Gasteiger partial charge in [-0.25, -0.2) is 18.3 Å². The van der Waals surface area contributed by atoms with Crippen LogP contribution in [0.3, 0.4) is 0 Å². The number of rotatable bonds is 5. The monoisotopic (exact) mass is 435 g/mol. The predicted octanol–water partition coefficient (Wildman–Crippen LogP) is 1.79. The van der Waals surface area contributed by atoms with Gasteiger partial charge in [-0.3, -0.25) is 14.3 Å². The van der Waals surface area contributed by atoms with Crippen molar-refractivity contribution in [2.75, 3.05) is 14.9 Å². The molecular weight excluding hydrogens is 421 g/mol. The third kappa shape index (κ3) is 4.89. The lowest BCUT2D eigenvalue weighted by Gasteiger charge is -2.20. The second-order valence-corrected chi connectivity index (χ2v) is 7.09. The lowest BCUT2D eigenvalue weighted by Crippen LogP contribution is -2.33. The zero-order valence-electron chi connectivity index (χ0n) is 14.9. The minimum absolute atomic E-state index is 0.139. The summed E-state index contributed by atoms with van der Waals surface area (Å²) in [5.74, 6) is -0.457. The van der Waals surface area contributed by atoms with E-state index < -0.39 is 39.1 Å². The lowest BCUT2D eigenvalue weighted by molar-refractivity contribution is 0.262. The molecule has 1 heterocycles. The number of halogens is 1. The molecule has 1 aromatic heterocycles. The maximum atomic E-state index is 12.9. The van der Waals surface area contributed by atoms with E-state index in [0.717, 1.165) is 6.20 Å². The van der Waals surface area contributed by atoms with Crippen LogP contribution < -0.4 is 26.2 Å². The van der Waals surface area contributed by atoms with E-state index in [4.69, 9.17) is 0 Å². The van der Waals surface area contributed by atoms with Crippen LogP contribution in [0.2, 0.25) is 0 Å². The number of aromatic nitrogens is 2. The van der Waals surface area contributed by atoms with Crippen molar-refractivity contribution in [2.45, 2.75) is 0 Å². The zero-order chi connectivity index (χ0) is 21.9. The first kappa shape index (κ1) is 20.8. The molecule has 0 saturated heterocycles. The van der Waals surface area contributed by atoms with E-state index in [1.54, 1.807) is 0 Å². The Balaban J connectivity index is 1.81. The lowest BCUT2D eigenvalue weighted by atomic mass is 10.2. The SMILES string of the molecule is O=C(Nc1ccc(F)cc1)Nc1ccc(N(c2c[nH]c(=O)[nH]c2=O)S(=O)(=O)O)cc1. The van der Waals surface area contributed by atoms with Crippen molar-refractivity contribution in [2.24, 2.45) is 0 Å². The molecule has 13 heteroatoms. The maximum absolute atomic E-state index is 12.9. The van der Waals surface area contributed by atoms with Gasteiger partial charge in [-0.1, -0.05) is 0 Å². The summed E-state index contributed by atoms with van der Waals surface area (Å²) in [7, 11) is -4.93. The van der Waals surface area contributed by atoms with Crippen molar-refractivity contribution in [1.82, 2.24) is 9.97 Å². The molecule has 3 aromatic rings. The van der Waals surface area contributed by atoms with E-state index in [1.807, 2.05) is 4.98 Å². The van der Waals surface area contributed by atoms with Crippen LogP contribution >= 0.6 is 0 Å². The van der Waals surface area contributed by atoms with E-state index in [-0.39, 0.29) is 11.4 Å². The molecule has 5 N–H and O–H groups in total. The Labute approximate surface area is 168 Å². The van der Waals surface area contributed by atoms with Gasteiger partial charge in [0, 0.05) is 17.6 Å². The number of H-pyrrole nitrogens is 2. The minimum Gasteiger partial charge on any atom is -0.312 e. The Kier molecular flexibility index (Phi) is 5.66. The number of hydrogen-bond donors (Lipinski definition) is 5. The number of anilines is 4. The summed E-state index contributed by atoms with van der Waals surface area (Å²) in [4.78, 5) is 39.0. The van der Waals surface area contributed by atoms with Crippen LogP contribution in [0, 0.1) is 5.82 Å². The first-order valence-electron chi connectivity index (χ1n) is 8.17. The number of carbonyl (C=O) groups is 1. The van der Waals surface area contributed by atoms with Crippen LogP contribution in [0.5, 0.6) is 0 Å². The molecule has 156 valence electrons. The van der Waals surface area contributed by atoms with Crippen molar-refractivity contribution < 1.29 is 22.2 Å². The van der Waals surface area contributed by atoms with Crippen molar-refractivity contribution >= 4 is 39.1 Å². The smallest absolute Gasteiger partial charge is 0.312 e. The number of aromatic amines is 2. The van der Waals surface area contributed by atoms with Crippen LogP contribution in [0.25, 0.3) is 0 Å². The fraction of sp³-hybridized carbons (Fsp3) is 0. The van der Waals surface area contributed by atoms with E-state index in [2.05, 4.69) is 15.6 Å². The Morgan fingerprint density at radius 2 is 1.50 bits per heavy atom. The number of carbonyl (C=O) groups excluding carboxylic acids is 1. The van der Waals surface area contributed by atoms with E-state index in [9.17, 15) is 31.7 Å². The average molecular weight is 435 g/mol. The van der Waals surface area contributed by atoms with Gasteiger partial charge in [-0.2, -0.15) is 8.42 Å². The summed E-state index contributed by atoms with van der Waals surface area (Å²) in [6.45, 7) is 0. The van der Waals surface area contributed by atoms with Crippen LogP contribution in [-0.2, 0) is 10.3 Å². The van der Waals surface area contributed by atoms with Crippen molar-refractivity contribution in [3.8, 4) is 0 Å². The van der Waals surface area contributed by atoms with Crippen LogP contribution in [-0.4, -0.2) is 29.0 Å². The van der Waals surface area contributed by atoms with Gasteiger partial charge >= 0.3 is 22.0 Å². The van der Waals surface area contributed by atoms with Gasteiger partial charge in [0.15, 0.2) is 0 Å². The third-order valence-electron chi connectivity index (χ3n) is 3.71. The fourth-order valence-corrected chi connectivity index (χ4v) is 3.23. The van der Waals surface area contributed by atoms with Crippen LogP contribution in [0.15, 0.2) is 64.3 Å². The molecule has 0 saturated carbocycles. The van der Waals surface area contributed by atoms with Gasteiger partial charge < -0.3 is 15.6 Å². The number of benzene rings is 2. The normalized spacial score (nSPS) is 11.0. The molecule has 11 nitrogen and oxygen atoms in total. The second-order valence-electron chi connectivity index (χ2n) is 5.83. The second kappa shape index (κ2) is 8.18. The van der Waals surface area contributed by atoms with Gasteiger partial charge in [-0.05, 0) is 48.5 Å². The molecule has 2 amide bonds. The van der Waals surface area contributed by atoms with Crippen molar-refractivity contribution in [3.05, 3.63) is 81.4 Å². The summed E-state index contributed by atoms with van der Waals surface area (Å²) < 4.78 is 46.3. The fourth-order valence-electron chi connectivity index (χ4n) is 2.46. The first-order valence-corrected chi connectivity index (χ1v) is 9.56. The summed E-state index contributed by atoms with van der Waals surface area (Å²) in [6.07, 6.45) is 0.831. The molecule has 0 unspecified atom stereocenters. The predicted molar refractivity (Wildman–Crippen MR) is 107 cm³/mol. The molecular formula is C17H14FN5O6S. The number of urea groups is 1. The quantitative estimate of drug-likeness (QED) is 0.383. The number of hydrogen-bond acceptors (Lipinski definition) is 5. The number of amides is 2. The molecule has 0 atom stereocenters. The molecule has 30 heavy (non-hydrogen) atoms. The third-order valence-corrected chi connectivity index (χ3v) is 4.58. The summed E-state index contributed by atoms with van der Waals surface area (Å²) in [5.41, 5.74) is -1.99. The molecule has 3 rings (SSSR count). The average Bonchev–Trinajstić information content (AvgIpc) is 2.66. The summed E-state index contributed by atoms with van der Waals surface area (Å²) in [5, 5.41) is 4.95. The molecule has 2 aromatic carbocycles. The summed E-state index contributed by atoms with van der Waals surface area (Å²) >= 11 is 0. The zero-order valence-corrected chi connectivity index (χ0v) is 15.7. The Morgan fingerprint density at radius 1 is 0.967 bits per heavy atom. The van der Waals surface area contributed by atoms with Gasteiger partial charge in [-0.15, -0.1) is 0 Å². The van der Waals surface area contributed by atoms with Gasteiger partial charge in [0.1, 0.15) is 11.5 Å².